The van der Waals surface area contributed by atoms with Gasteiger partial charge in [0.25, 0.3) is 5.91 Å². The number of anilines is 1. The highest BCUT2D eigenvalue weighted by molar-refractivity contribution is 6.21. The Balaban J connectivity index is 1.96. The minimum absolute atomic E-state index is 0.0432. The smallest absolute Gasteiger partial charge is 0.404 e. The minimum Gasteiger partial charge on any atom is -0.404 e. The van der Waals surface area contributed by atoms with E-state index in [2.05, 4.69) is 9.72 Å². The molecule has 3 rings (SSSR count). The van der Waals surface area contributed by atoms with Crippen molar-refractivity contribution < 1.29 is 27.5 Å². The molecule has 6 nitrogen and oxygen atoms in total. The molecule has 2 fully saturated rings. The molecule has 1 unspecified atom stereocenters. The van der Waals surface area contributed by atoms with Crippen molar-refractivity contribution in [2.75, 3.05) is 11.4 Å². The monoisotopic (exact) mass is 343 g/mol. The van der Waals surface area contributed by atoms with Crippen LogP contribution in [0.4, 0.5) is 23.8 Å². The number of hydrogen-bond acceptors (Lipinski definition) is 4. The molecule has 1 atom stereocenters. The van der Waals surface area contributed by atoms with Crippen LogP contribution >= 0.6 is 0 Å². The first-order valence-electron chi connectivity index (χ1n) is 7.57. The Hall–Kier alpha value is -2.32. The van der Waals surface area contributed by atoms with E-state index in [9.17, 15) is 22.8 Å². The number of ether oxygens (including phenoxy) is 1. The molecule has 1 aromatic rings. The van der Waals surface area contributed by atoms with Crippen LogP contribution in [0.15, 0.2) is 6.07 Å². The molecule has 2 aliphatic heterocycles. The molecule has 3 heterocycles. The summed E-state index contributed by atoms with van der Waals surface area (Å²) in [4.78, 5) is 31.5. The van der Waals surface area contributed by atoms with Crippen molar-refractivity contribution in [3.05, 3.63) is 17.3 Å². The first kappa shape index (κ1) is 16.5. The average Bonchev–Trinajstić information content (AvgIpc) is 2.74. The highest BCUT2D eigenvalue weighted by atomic mass is 19.4. The Kier molecular flexibility index (Phi) is 3.89. The lowest BCUT2D eigenvalue weighted by molar-refractivity contribution is -0.275. The van der Waals surface area contributed by atoms with Crippen LogP contribution in [-0.2, 0) is 4.79 Å². The lowest BCUT2D eigenvalue weighted by Crippen LogP contribution is -2.39. The van der Waals surface area contributed by atoms with Gasteiger partial charge in [0.2, 0.25) is 0 Å². The first-order chi connectivity index (χ1) is 11.2. The Morgan fingerprint density at radius 1 is 1.25 bits per heavy atom. The summed E-state index contributed by atoms with van der Waals surface area (Å²) >= 11 is 0. The molecule has 2 saturated heterocycles. The quantitative estimate of drug-likeness (QED) is 0.775. The number of aryl methyl sites for hydroxylation is 2. The number of fused-ring (bicyclic) bond motifs is 1. The zero-order chi connectivity index (χ0) is 17.6. The molecule has 0 aliphatic carbocycles. The van der Waals surface area contributed by atoms with E-state index in [1.807, 2.05) is 0 Å². The summed E-state index contributed by atoms with van der Waals surface area (Å²) in [5.74, 6) is -0.758. The summed E-state index contributed by atoms with van der Waals surface area (Å²) in [6.07, 6.45) is -2.56. The van der Waals surface area contributed by atoms with E-state index in [0.717, 1.165) is 23.8 Å². The summed E-state index contributed by atoms with van der Waals surface area (Å²) in [7, 11) is 0. The maximum atomic E-state index is 12.5. The summed E-state index contributed by atoms with van der Waals surface area (Å²) in [6.45, 7) is 3.32. The molecule has 0 N–H and O–H groups in total. The normalized spacial score (nSPS) is 21.3. The summed E-state index contributed by atoms with van der Waals surface area (Å²) in [5.41, 5.74) is 0.222. The number of carbonyl (C=O) groups excluding carboxylic acids is 2. The Morgan fingerprint density at radius 2 is 1.96 bits per heavy atom. The molecule has 3 amide bonds. The number of alkyl halides is 3. The van der Waals surface area contributed by atoms with Gasteiger partial charge in [0.05, 0.1) is 5.69 Å². The number of imide groups is 1. The van der Waals surface area contributed by atoms with E-state index < -0.39 is 24.2 Å². The van der Waals surface area contributed by atoms with E-state index >= 15 is 0 Å². The van der Waals surface area contributed by atoms with E-state index in [-0.39, 0.29) is 23.0 Å². The van der Waals surface area contributed by atoms with Crippen molar-refractivity contribution in [3.8, 4) is 5.75 Å². The number of amides is 3. The average molecular weight is 343 g/mol. The van der Waals surface area contributed by atoms with Gasteiger partial charge in [0.15, 0.2) is 5.75 Å². The van der Waals surface area contributed by atoms with Crippen molar-refractivity contribution in [3.63, 3.8) is 0 Å². The fourth-order valence-corrected chi connectivity index (χ4v) is 3.11. The maximum Gasteiger partial charge on any atom is 0.573 e. The molecule has 24 heavy (non-hydrogen) atoms. The van der Waals surface area contributed by atoms with Crippen molar-refractivity contribution >= 4 is 17.8 Å². The van der Waals surface area contributed by atoms with Gasteiger partial charge in [-0.15, -0.1) is 13.2 Å². The second kappa shape index (κ2) is 5.64. The van der Waals surface area contributed by atoms with Gasteiger partial charge in [-0.3, -0.25) is 4.79 Å². The van der Waals surface area contributed by atoms with Crippen molar-refractivity contribution in [1.82, 2.24) is 9.88 Å². The molecule has 0 aromatic carbocycles. The fraction of sp³-hybridized carbons (Fsp3) is 0.533. The zero-order valence-corrected chi connectivity index (χ0v) is 13.2. The van der Waals surface area contributed by atoms with Crippen LogP contribution in [0.3, 0.4) is 0 Å². The molecule has 0 radical (unpaired) electrons. The van der Waals surface area contributed by atoms with Crippen LogP contribution in [0.1, 0.15) is 30.5 Å². The molecule has 130 valence electrons. The zero-order valence-electron chi connectivity index (χ0n) is 13.2. The number of carbonyl (C=O) groups is 2. The SMILES string of the molecule is Cc1cc(OC(F)(F)F)c(C)nc1N1C(=O)C2CCCCN2C1=O. The Morgan fingerprint density at radius 3 is 2.58 bits per heavy atom. The first-order valence-corrected chi connectivity index (χ1v) is 7.57. The number of aromatic nitrogens is 1. The third-order valence-corrected chi connectivity index (χ3v) is 4.21. The van der Waals surface area contributed by atoms with Gasteiger partial charge in [0.1, 0.15) is 11.9 Å². The lowest BCUT2D eigenvalue weighted by Gasteiger charge is -2.25. The van der Waals surface area contributed by atoms with Crippen LogP contribution in [0, 0.1) is 13.8 Å². The molecule has 0 bridgehead atoms. The van der Waals surface area contributed by atoms with Gasteiger partial charge < -0.3 is 9.64 Å². The molecule has 0 spiro atoms. The summed E-state index contributed by atoms with van der Waals surface area (Å²) in [6, 6.07) is 0.172. The molecule has 9 heteroatoms. The van der Waals surface area contributed by atoms with Crippen LogP contribution < -0.4 is 9.64 Å². The second-order valence-corrected chi connectivity index (χ2v) is 5.92. The number of hydrogen-bond donors (Lipinski definition) is 0. The number of rotatable bonds is 2. The third kappa shape index (κ3) is 2.78. The molecule has 0 saturated carbocycles. The number of urea groups is 1. The largest absolute Gasteiger partial charge is 0.573 e. The summed E-state index contributed by atoms with van der Waals surface area (Å²) < 4.78 is 41.1. The van der Waals surface area contributed by atoms with Crippen molar-refractivity contribution in [2.24, 2.45) is 0 Å². The third-order valence-electron chi connectivity index (χ3n) is 4.21. The topological polar surface area (TPSA) is 62.7 Å². The molecule has 2 aliphatic rings. The summed E-state index contributed by atoms with van der Waals surface area (Å²) in [5, 5.41) is 0. The molecular weight excluding hydrogens is 327 g/mol. The highest BCUT2D eigenvalue weighted by Crippen LogP contribution is 2.34. The highest BCUT2D eigenvalue weighted by Gasteiger charge is 2.47. The lowest BCUT2D eigenvalue weighted by atomic mass is 10.0. The Labute approximate surface area is 136 Å². The number of piperidine rings is 1. The van der Waals surface area contributed by atoms with E-state index in [1.165, 1.54) is 18.7 Å². The van der Waals surface area contributed by atoms with Crippen LogP contribution in [0.5, 0.6) is 5.75 Å². The molecule has 1 aromatic heterocycles. The van der Waals surface area contributed by atoms with Gasteiger partial charge in [-0.25, -0.2) is 14.7 Å². The molecular formula is C15H16F3N3O3. The fourth-order valence-electron chi connectivity index (χ4n) is 3.11. The predicted octanol–water partition coefficient (Wildman–Crippen LogP) is 2.92. The van der Waals surface area contributed by atoms with Gasteiger partial charge in [-0.1, -0.05) is 0 Å². The minimum atomic E-state index is -4.83. The van der Waals surface area contributed by atoms with E-state index in [0.29, 0.717) is 13.0 Å². The second-order valence-electron chi connectivity index (χ2n) is 5.92. The van der Waals surface area contributed by atoms with E-state index in [4.69, 9.17) is 0 Å². The number of halogens is 3. The van der Waals surface area contributed by atoms with Gasteiger partial charge >= 0.3 is 12.4 Å². The van der Waals surface area contributed by atoms with Crippen molar-refractivity contribution in [2.45, 2.75) is 45.5 Å². The Bertz CT molecular complexity index is 681. The van der Waals surface area contributed by atoms with Crippen LogP contribution in [0.25, 0.3) is 0 Å². The van der Waals surface area contributed by atoms with Crippen molar-refractivity contribution in [1.29, 1.82) is 0 Å². The standard InChI is InChI=1S/C15H16F3N3O3/c1-8-7-11(24-15(16,17)18)9(2)19-12(8)21-13(22)10-5-3-4-6-20(10)14(21)23/h7,10H,3-6H2,1-2H3. The number of pyridine rings is 1. The van der Waals surface area contributed by atoms with Gasteiger partial charge in [-0.05, 0) is 44.7 Å². The maximum absolute atomic E-state index is 12.5. The van der Waals surface area contributed by atoms with Gasteiger partial charge in [0, 0.05) is 6.54 Å². The van der Waals surface area contributed by atoms with E-state index in [1.54, 1.807) is 0 Å². The van der Waals surface area contributed by atoms with Crippen LogP contribution in [-0.4, -0.2) is 40.8 Å². The van der Waals surface area contributed by atoms with Crippen LogP contribution in [0.2, 0.25) is 0 Å². The predicted molar refractivity (Wildman–Crippen MR) is 77.6 cm³/mol. The number of nitrogens with zero attached hydrogens (tertiary/aromatic N) is 3. The van der Waals surface area contributed by atoms with Gasteiger partial charge in [-0.2, -0.15) is 0 Å².